The van der Waals surface area contributed by atoms with Crippen LogP contribution in [0.1, 0.15) is 12.0 Å². The van der Waals surface area contributed by atoms with Gasteiger partial charge in [0.2, 0.25) is 15.9 Å². The van der Waals surface area contributed by atoms with Crippen molar-refractivity contribution in [3.8, 4) is 0 Å². The summed E-state index contributed by atoms with van der Waals surface area (Å²) < 4.78 is 76.9. The van der Waals surface area contributed by atoms with Gasteiger partial charge in [0.05, 0.1) is 11.5 Å². The maximum atomic E-state index is 13.7. The first-order valence-electron chi connectivity index (χ1n) is 6.19. The van der Waals surface area contributed by atoms with Crippen molar-refractivity contribution in [3.05, 3.63) is 29.6 Å². The Morgan fingerprint density at radius 2 is 1.95 bits per heavy atom. The lowest BCUT2D eigenvalue weighted by atomic mass is 10.1. The first kappa shape index (κ1) is 16.7. The average Bonchev–Trinajstić information content (AvgIpc) is 2.87. The second-order valence-electron chi connectivity index (χ2n) is 4.89. The van der Waals surface area contributed by atoms with E-state index in [-0.39, 0.29) is 25.6 Å². The number of sulfonamides is 1. The quantitative estimate of drug-likeness (QED) is 0.843. The zero-order chi connectivity index (χ0) is 16.7. The summed E-state index contributed by atoms with van der Waals surface area (Å²) in [6.07, 6.45) is -4.64. The normalized spacial score (nSPS) is 20.3. The number of amides is 1. The predicted octanol–water partition coefficient (Wildman–Crippen LogP) is 1.34. The highest BCUT2D eigenvalue weighted by atomic mass is 32.2. The van der Waals surface area contributed by atoms with Gasteiger partial charge in [0.25, 0.3) is 0 Å². The predicted molar refractivity (Wildman–Crippen MR) is 67.5 cm³/mol. The average molecular weight is 340 g/mol. The maximum Gasteiger partial charge on any atom is 0.416 e. The maximum absolute atomic E-state index is 13.7. The van der Waals surface area contributed by atoms with Gasteiger partial charge < -0.3 is 5.73 Å². The lowest BCUT2D eigenvalue weighted by Crippen LogP contribution is -2.32. The van der Waals surface area contributed by atoms with Crippen LogP contribution in [0.3, 0.4) is 0 Å². The Bertz CT molecular complexity index is 703. The molecule has 22 heavy (non-hydrogen) atoms. The van der Waals surface area contributed by atoms with Gasteiger partial charge in [-0.25, -0.2) is 12.8 Å². The summed E-state index contributed by atoms with van der Waals surface area (Å²) in [5.41, 5.74) is 3.80. The fourth-order valence-electron chi connectivity index (χ4n) is 2.20. The third-order valence-corrected chi connectivity index (χ3v) is 5.31. The third kappa shape index (κ3) is 3.07. The van der Waals surface area contributed by atoms with E-state index in [9.17, 15) is 30.8 Å². The van der Waals surface area contributed by atoms with Gasteiger partial charge in [-0.3, -0.25) is 4.79 Å². The topological polar surface area (TPSA) is 80.5 Å². The van der Waals surface area contributed by atoms with E-state index in [0.29, 0.717) is 12.1 Å². The van der Waals surface area contributed by atoms with Crippen LogP contribution in [-0.4, -0.2) is 31.7 Å². The standard InChI is InChI=1S/C12H12F4N2O3S/c13-9-2-1-8(12(14,15)16)5-10(9)22(20,21)18-4-3-7(6-18)11(17)19/h1-2,5,7H,3-4,6H2,(H2,17,19)/t7-/m0/s1. The van der Waals surface area contributed by atoms with E-state index < -0.39 is 44.3 Å². The molecule has 0 bridgehead atoms. The van der Waals surface area contributed by atoms with Crippen LogP contribution in [0.5, 0.6) is 0 Å². The first-order valence-corrected chi connectivity index (χ1v) is 7.63. The molecule has 1 aliphatic heterocycles. The van der Waals surface area contributed by atoms with Gasteiger partial charge in [0.15, 0.2) is 0 Å². The minimum atomic E-state index is -4.79. The Morgan fingerprint density at radius 1 is 1.32 bits per heavy atom. The first-order chi connectivity index (χ1) is 10.0. The van der Waals surface area contributed by atoms with E-state index in [1.54, 1.807) is 0 Å². The van der Waals surface area contributed by atoms with Gasteiger partial charge >= 0.3 is 6.18 Å². The molecule has 122 valence electrons. The summed E-state index contributed by atoms with van der Waals surface area (Å²) in [5, 5.41) is 0. The van der Waals surface area contributed by atoms with Crippen molar-refractivity contribution in [3.63, 3.8) is 0 Å². The smallest absolute Gasteiger partial charge is 0.369 e. The monoisotopic (exact) mass is 340 g/mol. The van der Waals surface area contributed by atoms with Gasteiger partial charge in [-0.1, -0.05) is 0 Å². The van der Waals surface area contributed by atoms with Crippen molar-refractivity contribution >= 4 is 15.9 Å². The van der Waals surface area contributed by atoms with Crippen LogP contribution in [0, 0.1) is 11.7 Å². The molecule has 0 aliphatic carbocycles. The molecule has 5 nitrogen and oxygen atoms in total. The van der Waals surface area contributed by atoms with Crippen LogP contribution in [0.2, 0.25) is 0 Å². The van der Waals surface area contributed by atoms with E-state index in [1.807, 2.05) is 0 Å². The Morgan fingerprint density at radius 3 is 2.45 bits per heavy atom. The van der Waals surface area contributed by atoms with Crippen LogP contribution in [0.4, 0.5) is 17.6 Å². The van der Waals surface area contributed by atoms with Crippen LogP contribution in [-0.2, 0) is 21.0 Å². The van der Waals surface area contributed by atoms with Crippen molar-refractivity contribution in [1.29, 1.82) is 0 Å². The number of primary amides is 1. The lowest BCUT2D eigenvalue weighted by molar-refractivity contribution is -0.137. The van der Waals surface area contributed by atoms with Crippen LogP contribution in [0.15, 0.2) is 23.1 Å². The molecule has 0 spiro atoms. The summed E-state index contributed by atoms with van der Waals surface area (Å²) in [5.74, 6) is -2.72. The number of halogens is 4. The highest BCUT2D eigenvalue weighted by Gasteiger charge is 2.38. The fraction of sp³-hybridized carbons (Fsp3) is 0.417. The van der Waals surface area contributed by atoms with Gasteiger partial charge in [-0.05, 0) is 24.6 Å². The molecule has 0 radical (unpaired) electrons. The minimum Gasteiger partial charge on any atom is -0.369 e. The molecule has 1 aliphatic rings. The number of rotatable bonds is 3. The molecule has 1 aromatic rings. The Hall–Kier alpha value is -1.68. The van der Waals surface area contributed by atoms with Gasteiger partial charge in [0, 0.05) is 13.1 Å². The Kier molecular flexibility index (Phi) is 4.18. The number of carbonyl (C=O) groups is 1. The highest BCUT2D eigenvalue weighted by Crippen LogP contribution is 2.33. The summed E-state index contributed by atoms with van der Waals surface area (Å²) in [6.45, 7) is -0.376. The number of hydrogen-bond donors (Lipinski definition) is 1. The van der Waals surface area contributed by atoms with E-state index in [1.165, 1.54) is 0 Å². The van der Waals surface area contributed by atoms with Gasteiger partial charge in [0.1, 0.15) is 10.7 Å². The van der Waals surface area contributed by atoms with Crippen molar-refractivity contribution in [2.24, 2.45) is 11.7 Å². The van der Waals surface area contributed by atoms with Crippen molar-refractivity contribution in [2.45, 2.75) is 17.5 Å². The number of benzene rings is 1. The van der Waals surface area contributed by atoms with E-state index in [2.05, 4.69) is 0 Å². The molecule has 1 saturated heterocycles. The van der Waals surface area contributed by atoms with E-state index >= 15 is 0 Å². The second-order valence-corrected chi connectivity index (χ2v) is 6.80. The summed E-state index contributed by atoms with van der Waals surface area (Å²) in [6, 6.07) is 1.17. The van der Waals surface area contributed by atoms with Crippen LogP contribution < -0.4 is 5.73 Å². The molecule has 1 aromatic carbocycles. The largest absolute Gasteiger partial charge is 0.416 e. The number of hydrogen-bond acceptors (Lipinski definition) is 3. The summed E-state index contributed by atoms with van der Waals surface area (Å²) in [4.78, 5) is 9.98. The lowest BCUT2D eigenvalue weighted by Gasteiger charge is -2.17. The van der Waals surface area contributed by atoms with Crippen molar-refractivity contribution in [1.82, 2.24) is 4.31 Å². The Labute approximate surface area is 123 Å². The molecule has 1 amide bonds. The molecule has 0 unspecified atom stereocenters. The number of nitrogens with zero attached hydrogens (tertiary/aromatic N) is 1. The number of alkyl halides is 3. The zero-order valence-electron chi connectivity index (χ0n) is 11.1. The summed E-state index contributed by atoms with van der Waals surface area (Å²) in [7, 11) is -4.47. The minimum absolute atomic E-state index is 0.106. The number of carbonyl (C=O) groups excluding carboxylic acids is 1. The fourth-order valence-corrected chi connectivity index (χ4v) is 3.79. The molecule has 10 heteroatoms. The molecule has 0 aromatic heterocycles. The molecule has 0 saturated carbocycles. The molecule has 1 fully saturated rings. The van der Waals surface area contributed by atoms with E-state index in [4.69, 9.17) is 5.73 Å². The second kappa shape index (κ2) is 5.51. The van der Waals surface area contributed by atoms with Crippen LogP contribution >= 0.6 is 0 Å². The van der Waals surface area contributed by atoms with E-state index in [0.717, 1.165) is 4.31 Å². The number of nitrogens with two attached hydrogens (primary N) is 1. The van der Waals surface area contributed by atoms with Crippen molar-refractivity contribution < 1.29 is 30.8 Å². The Balaban J connectivity index is 2.40. The molecule has 2 N–H and O–H groups in total. The SMILES string of the molecule is NC(=O)[C@H]1CCN(S(=O)(=O)c2cc(C(F)(F)F)ccc2F)C1. The molecule has 1 heterocycles. The van der Waals surface area contributed by atoms with Gasteiger partial charge in [-0.15, -0.1) is 0 Å². The van der Waals surface area contributed by atoms with Gasteiger partial charge in [-0.2, -0.15) is 17.5 Å². The van der Waals surface area contributed by atoms with Crippen molar-refractivity contribution in [2.75, 3.05) is 13.1 Å². The zero-order valence-corrected chi connectivity index (χ0v) is 11.9. The molecule has 2 rings (SSSR count). The molecule has 1 atom stereocenters. The molecular formula is C12H12F4N2O3S. The van der Waals surface area contributed by atoms with Crippen LogP contribution in [0.25, 0.3) is 0 Å². The highest BCUT2D eigenvalue weighted by molar-refractivity contribution is 7.89. The summed E-state index contributed by atoms with van der Waals surface area (Å²) >= 11 is 0. The molecular weight excluding hydrogens is 328 g/mol. The third-order valence-electron chi connectivity index (χ3n) is 3.43.